The average molecular weight is 404 g/mol. The molecule has 0 unspecified atom stereocenters. The van der Waals surface area contributed by atoms with E-state index in [9.17, 15) is 5.11 Å². The van der Waals surface area contributed by atoms with Gasteiger partial charge in [-0.25, -0.2) is 4.98 Å². The Morgan fingerprint density at radius 2 is 1.69 bits per heavy atom. The van der Waals surface area contributed by atoms with Gasteiger partial charge in [-0.15, -0.1) is 11.3 Å². The average Bonchev–Trinajstić information content (AvgIpc) is 3.11. The first kappa shape index (κ1) is 19.6. The summed E-state index contributed by atoms with van der Waals surface area (Å²) in [6.07, 6.45) is 3.25. The summed E-state index contributed by atoms with van der Waals surface area (Å²) in [4.78, 5) is 5.88. The van der Waals surface area contributed by atoms with E-state index in [-0.39, 0.29) is 11.3 Å². The van der Waals surface area contributed by atoms with Crippen LogP contribution in [-0.2, 0) is 5.54 Å². The van der Waals surface area contributed by atoms with Crippen LogP contribution in [0, 0.1) is 5.41 Å². The van der Waals surface area contributed by atoms with Gasteiger partial charge in [0.05, 0.1) is 16.1 Å². The predicted molar refractivity (Wildman–Crippen MR) is 121 cm³/mol. The number of rotatable bonds is 5. The fourth-order valence-corrected chi connectivity index (χ4v) is 5.05. The highest BCUT2D eigenvalue weighted by molar-refractivity contribution is 7.17. The number of nitrogens with one attached hydrogen (secondary N) is 1. The van der Waals surface area contributed by atoms with Crippen molar-refractivity contribution in [1.29, 1.82) is 5.41 Å². The van der Waals surface area contributed by atoms with Crippen LogP contribution in [0.1, 0.15) is 43.7 Å². The molecule has 3 aromatic rings. The maximum Gasteiger partial charge on any atom is 0.129 e. The number of allylic oxidation sites excluding steroid dienone is 2. The molecule has 0 saturated heterocycles. The van der Waals surface area contributed by atoms with Crippen molar-refractivity contribution in [1.82, 2.24) is 4.98 Å². The molecule has 1 saturated carbocycles. The number of hydrogen-bond acceptors (Lipinski definition) is 5. The second kappa shape index (κ2) is 7.58. The van der Waals surface area contributed by atoms with E-state index in [0.717, 1.165) is 34.5 Å². The number of thiazole rings is 1. The Labute approximate surface area is 175 Å². The van der Waals surface area contributed by atoms with Crippen molar-refractivity contribution in [3.8, 4) is 21.7 Å². The molecule has 148 valence electrons. The van der Waals surface area contributed by atoms with Gasteiger partial charge in [0.25, 0.3) is 0 Å². The number of benzene rings is 2. The van der Waals surface area contributed by atoms with Crippen molar-refractivity contribution >= 4 is 22.6 Å². The molecule has 0 spiro atoms. The first-order valence-electron chi connectivity index (χ1n) is 9.81. The van der Waals surface area contributed by atoms with E-state index < -0.39 is 0 Å². The molecule has 0 atom stereocenters. The third kappa shape index (κ3) is 3.63. The molecular formula is C24H25N3OS. The molecule has 0 amide bonds. The molecule has 1 fully saturated rings. The third-order valence-electron chi connectivity index (χ3n) is 5.59. The molecule has 2 aromatic carbocycles. The van der Waals surface area contributed by atoms with Crippen LogP contribution in [0.2, 0.25) is 0 Å². The fourth-order valence-electron chi connectivity index (χ4n) is 3.80. The molecular weight excluding hydrogens is 378 g/mol. The van der Waals surface area contributed by atoms with Crippen molar-refractivity contribution in [2.45, 2.75) is 38.6 Å². The van der Waals surface area contributed by atoms with Crippen LogP contribution < -0.4 is 5.73 Å². The predicted octanol–water partition coefficient (Wildman–Crippen LogP) is 6.14. The van der Waals surface area contributed by atoms with Gasteiger partial charge in [-0.3, -0.25) is 0 Å². The van der Waals surface area contributed by atoms with Crippen LogP contribution in [0.3, 0.4) is 0 Å². The molecule has 1 aliphatic rings. The SMILES string of the molecule is CC(=N)/C(=C(/C)O)c1nc(-c2ccc(C3(N)CCC3)cc2)c(-c2ccccc2)s1. The van der Waals surface area contributed by atoms with E-state index in [4.69, 9.17) is 16.1 Å². The van der Waals surface area contributed by atoms with E-state index in [1.54, 1.807) is 13.8 Å². The van der Waals surface area contributed by atoms with Gasteiger partial charge in [-0.05, 0) is 44.2 Å². The lowest BCUT2D eigenvalue weighted by Crippen LogP contribution is -2.43. The molecule has 5 heteroatoms. The van der Waals surface area contributed by atoms with Crippen molar-refractivity contribution in [2.24, 2.45) is 5.73 Å². The standard InChI is InChI=1S/C24H25N3OS/c1-15(25)20(16(2)28)23-27-21(22(29-23)18-7-4-3-5-8-18)17-9-11-19(12-10-17)24(26)13-6-14-24/h3-5,7-12,25,28H,6,13-14,26H2,1-2H3/b20-16+,25-15?. The number of aliphatic hydroxyl groups excluding tert-OH is 1. The highest BCUT2D eigenvalue weighted by Gasteiger charge is 2.34. The highest BCUT2D eigenvalue weighted by atomic mass is 32.1. The summed E-state index contributed by atoms with van der Waals surface area (Å²) in [6, 6.07) is 18.5. The van der Waals surface area contributed by atoms with Gasteiger partial charge in [-0.1, -0.05) is 54.6 Å². The summed E-state index contributed by atoms with van der Waals surface area (Å²) in [5, 5.41) is 18.9. The highest BCUT2D eigenvalue weighted by Crippen LogP contribution is 2.42. The van der Waals surface area contributed by atoms with Gasteiger partial charge in [0.15, 0.2) is 0 Å². The van der Waals surface area contributed by atoms with Crippen LogP contribution >= 0.6 is 11.3 Å². The normalized spacial score (nSPS) is 16.1. The largest absolute Gasteiger partial charge is 0.512 e. The monoisotopic (exact) mass is 403 g/mol. The van der Waals surface area contributed by atoms with Crippen molar-refractivity contribution < 1.29 is 5.11 Å². The molecule has 29 heavy (non-hydrogen) atoms. The quantitative estimate of drug-likeness (QED) is 0.353. The summed E-state index contributed by atoms with van der Waals surface area (Å²) in [5.74, 6) is 0.114. The van der Waals surface area contributed by atoms with Gasteiger partial charge in [0.1, 0.15) is 10.8 Å². The van der Waals surface area contributed by atoms with E-state index >= 15 is 0 Å². The number of aliphatic hydroxyl groups is 1. The Bertz CT molecular complexity index is 1070. The lowest BCUT2D eigenvalue weighted by molar-refractivity contribution is 0.253. The third-order valence-corrected chi connectivity index (χ3v) is 6.71. The Morgan fingerprint density at radius 3 is 2.21 bits per heavy atom. The maximum absolute atomic E-state index is 10.1. The minimum atomic E-state index is -0.185. The zero-order valence-corrected chi connectivity index (χ0v) is 17.5. The van der Waals surface area contributed by atoms with Crippen LogP contribution in [-0.4, -0.2) is 15.8 Å². The molecule has 4 nitrogen and oxygen atoms in total. The Morgan fingerprint density at radius 1 is 1.03 bits per heavy atom. The number of nitrogens with two attached hydrogens (primary N) is 1. The maximum atomic E-state index is 10.1. The van der Waals surface area contributed by atoms with Gasteiger partial charge < -0.3 is 16.2 Å². The van der Waals surface area contributed by atoms with Crippen LogP contribution in [0.15, 0.2) is 60.4 Å². The first-order chi connectivity index (χ1) is 13.9. The first-order valence-corrected chi connectivity index (χ1v) is 10.6. The second-order valence-electron chi connectivity index (χ2n) is 7.74. The van der Waals surface area contributed by atoms with E-state index in [1.807, 2.05) is 18.2 Å². The van der Waals surface area contributed by atoms with Crippen LogP contribution in [0.25, 0.3) is 27.3 Å². The molecule has 0 radical (unpaired) electrons. The molecule has 4 rings (SSSR count). The molecule has 1 heterocycles. The summed E-state index contributed by atoms with van der Waals surface area (Å²) in [6.45, 7) is 3.27. The molecule has 0 bridgehead atoms. The van der Waals surface area contributed by atoms with Crippen LogP contribution in [0.5, 0.6) is 0 Å². The Kier molecular flexibility index (Phi) is 5.11. The topological polar surface area (TPSA) is 83.0 Å². The number of aromatic nitrogens is 1. The molecule has 0 aliphatic heterocycles. The lowest BCUT2D eigenvalue weighted by Gasteiger charge is -2.38. The number of hydrogen-bond donors (Lipinski definition) is 3. The Hall–Kier alpha value is -2.76. The molecule has 1 aliphatic carbocycles. The lowest BCUT2D eigenvalue weighted by atomic mass is 9.72. The smallest absolute Gasteiger partial charge is 0.129 e. The minimum Gasteiger partial charge on any atom is -0.512 e. The van der Waals surface area contributed by atoms with Gasteiger partial charge in [0.2, 0.25) is 0 Å². The number of nitrogens with zero attached hydrogens (tertiary/aromatic N) is 1. The van der Waals surface area contributed by atoms with Crippen molar-refractivity contribution in [3.05, 3.63) is 70.9 Å². The summed E-state index contributed by atoms with van der Waals surface area (Å²) in [7, 11) is 0. The minimum absolute atomic E-state index is 0.114. The van der Waals surface area contributed by atoms with Crippen molar-refractivity contribution in [2.75, 3.05) is 0 Å². The fraction of sp³-hybridized carbons (Fsp3) is 0.250. The second-order valence-corrected chi connectivity index (χ2v) is 8.73. The Balaban J connectivity index is 1.83. The zero-order chi connectivity index (χ0) is 20.6. The zero-order valence-electron chi connectivity index (χ0n) is 16.7. The van der Waals surface area contributed by atoms with Crippen molar-refractivity contribution in [3.63, 3.8) is 0 Å². The van der Waals surface area contributed by atoms with Crippen LogP contribution in [0.4, 0.5) is 0 Å². The molecule has 1 aromatic heterocycles. The van der Waals surface area contributed by atoms with E-state index in [1.165, 1.54) is 23.3 Å². The van der Waals surface area contributed by atoms with Gasteiger partial charge in [0, 0.05) is 16.8 Å². The summed E-state index contributed by atoms with van der Waals surface area (Å²) >= 11 is 1.50. The van der Waals surface area contributed by atoms with Gasteiger partial charge >= 0.3 is 0 Å². The van der Waals surface area contributed by atoms with E-state index in [2.05, 4.69) is 36.4 Å². The molecule has 4 N–H and O–H groups in total. The summed E-state index contributed by atoms with van der Waals surface area (Å²) in [5.41, 5.74) is 11.2. The summed E-state index contributed by atoms with van der Waals surface area (Å²) < 4.78 is 0. The van der Waals surface area contributed by atoms with E-state index in [0.29, 0.717) is 16.3 Å². The van der Waals surface area contributed by atoms with Gasteiger partial charge in [-0.2, -0.15) is 0 Å².